The van der Waals surface area contributed by atoms with E-state index in [9.17, 15) is 34.8 Å². The van der Waals surface area contributed by atoms with Crippen molar-refractivity contribution >= 4 is 52.1 Å². The summed E-state index contributed by atoms with van der Waals surface area (Å²) >= 11 is 6.40. The van der Waals surface area contributed by atoms with Crippen LogP contribution in [0.1, 0.15) is 23.8 Å². The Morgan fingerprint density at radius 2 is 1.91 bits per heavy atom. The number of aliphatic carboxylic acids is 2. The van der Waals surface area contributed by atoms with Crippen molar-refractivity contribution in [1.82, 2.24) is 19.9 Å². The largest absolute Gasteiger partial charge is 0.497 e. The number of amides is 2. The van der Waals surface area contributed by atoms with E-state index in [4.69, 9.17) is 37.0 Å². The highest BCUT2D eigenvalue weighted by atomic mass is 35.5. The van der Waals surface area contributed by atoms with Gasteiger partial charge in [0.05, 0.1) is 32.8 Å². The van der Waals surface area contributed by atoms with Crippen LogP contribution in [0.2, 0.25) is 5.15 Å². The number of imidazole rings is 1. The molecule has 4 aromatic rings. The lowest BCUT2D eigenvalue weighted by molar-refractivity contribution is -0.191. The molecule has 0 spiro atoms. The molecular weight excluding hydrogens is 728 g/mol. The minimum Gasteiger partial charge on any atom is -0.497 e. The van der Waals surface area contributed by atoms with Gasteiger partial charge in [-0.1, -0.05) is 29.7 Å². The number of hydrogen-bond donors (Lipinski definition) is 6. The number of nitrogens with one attached hydrogen (secondary N) is 2. The molecule has 6 rings (SSSR count). The number of carboxylic acids is 2. The lowest BCUT2D eigenvalue weighted by Crippen LogP contribution is -2.55. The number of carboxylic acid groups (broad SMARTS) is 2. The molecule has 2 amide bonds. The Hall–Kier alpha value is -5.64. The van der Waals surface area contributed by atoms with Gasteiger partial charge in [-0.15, -0.1) is 6.42 Å². The van der Waals surface area contributed by atoms with Gasteiger partial charge >= 0.3 is 18.0 Å². The number of halogens is 1. The lowest BCUT2D eigenvalue weighted by Gasteiger charge is -2.30. The Labute approximate surface area is 313 Å². The summed E-state index contributed by atoms with van der Waals surface area (Å²) in [5.74, 6) is -0.379. The average Bonchev–Trinajstić information content (AvgIpc) is 3.69. The number of rotatable bonds is 14. The molecule has 2 aliphatic heterocycles. The van der Waals surface area contributed by atoms with Gasteiger partial charge in [0, 0.05) is 49.4 Å². The number of benzene rings is 2. The third kappa shape index (κ3) is 7.05. The van der Waals surface area contributed by atoms with Crippen LogP contribution in [0.25, 0.3) is 11.2 Å². The third-order valence-electron chi connectivity index (χ3n) is 9.44. The van der Waals surface area contributed by atoms with E-state index in [0.29, 0.717) is 41.5 Å². The van der Waals surface area contributed by atoms with Crippen LogP contribution in [-0.2, 0) is 32.0 Å². The molecule has 284 valence electrons. The number of hydrogen-bond acceptors (Lipinski definition) is 12. The van der Waals surface area contributed by atoms with E-state index in [0.717, 1.165) is 12.0 Å². The maximum absolute atomic E-state index is 12.6. The zero-order valence-corrected chi connectivity index (χ0v) is 29.8. The molecule has 4 heterocycles. The van der Waals surface area contributed by atoms with E-state index in [1.54, 1.807) is 37.4 Å². The van der Waals surface area contributed by atoms with Crippen molar-refractivity contribution in [1.29, 1.82) is 0 Å². The van der Waals surface area contributed by atoms with Crippen LogP contribution in [0.4, 0.5) is 16.2 Å². The van der Waals surface area contributed by atoms with E-state index in [-0.39, 0.29) is 28.9 Å². The highest BCUT2D eigenvalue weighted by Crippen LogP contribution is 2.40. The number of pyridine rings is 1. The van der Waals surface area contributed by atoms with Gasteiger partial charge in [-0.3, -0.25) is 9.47 Å². The second kappa shape index (κ2) is 15.4. The molecule has 17 nitrogen and oxygen atoms in total. The number of terminal acetylenes is 1. The van der Waals surface area contributed by atoms with Crippen molar-refractivity contribution in [3.63, 3.8) is 0 Å². The van der Waals surface area contributed by atoms with Crippen molar-refractivity contribution < 1.29 is 53.8 Å². The molecule has 18 heteroatoms. The summed E-state index contributed by atoms with van der Waals surface area (Å²) in [4.78, 5) is 47.7. The topological polar surface area (TPSA) is 227 Å². The number of nitrogens with zero attached hydrogens (tertiary/aromatic N) is 4. The van der Waals surface area contributed by atoms with Crippen LogP contribution >= 0.6 is 11.6 Å². The monoisotopic (exact) mass is 764 g/mol. The van der Waals surface area contributed by atoms with Crippen LogP contribution in [0, 0.1) is 12.3 Å². The predicted molar refractivity (Wildman–Crippen MR) is 193 cm³/mol. The molecular formula is C36H37ClN6O11. The molecule has 0 aliphatic carbocycles. The van der Waals surface area contributed by atoms with Crippen LogP contribution in [0.5, 0.6) is 11.5 Å². The number of carbonyl (C=O) groups is 3. The SMILES string of the molecule is C#C[C@@]1(O)[C@@H](COC(Cc2ccc(N3CCCNC3=O)cc2)(C(=O)O)C(=O)O)O[C@@H](n2cnc3c(NCc4ccc(OC)cc4OC)cc(Cl)nc32)[C@@H]1O. The zero-order chi connectivity index (χ0) is 38.8. The first-order chi connectivity index (χ1) is 25.8. The minimum absolute atomic E-state index is 0.0490. The molecule has 2 saturated heterocycles. The Balaban J connectivity index is 1.23. The number of aromatic nitrogens is 3. The van der Waals surface area contributed by atoms with E-state index in [1.807, 2.05) is 6.07 Å². The lowest BCUT2D eigenvalue weighted by atomic mass is 9.91. The van der Waals surface area contributed by atoms with Crippen LogP contribution in [0.3, 0.4) is 0 Å². The van der Waals surface area contributed by atoms with Crippen molar-refractivity contribution in [2.45, 2.75) is 49.0 Å². The van der Waals surface area contributed by atoms with Gasteiger partial charge in [0.1, 0.15) is 34.4 Å². The number of carbonyl (C=O) groups excluding carboxylic acids is 1. The number of fused-ring (bicyclic) bond motifs is 1. The standard InChI is InChI=1S/C36H37ClN6O11/c1-4-35(50)26(18-53-36(32(45)46,33(47)48)16-20-6-9-22(10-7-20)42-13-5-12-38-34(42)49)54-31(29(35)44)43-19-40-28-24(15-27(37)41-30(28)43)39-17-21-8-11-23(51-2)14-25(21)52-3/h1,6-11,14-15,19,26,29,31,44,50H,5,12-13,16-18H2,2-3H3,(H,38,49)(H,39,41)(H,45,46)(H,47,48)/t26-,29+,31-,35-/m1/s1. The summed E-state index contributed by atoms with van der Waals surface area (Å²) in [6.07, 6.45) is 2.12. The molecule has 54 heavy (non-hydrogen) atoms. The number of aliphatic hydroxyl groups is 2. The highest BCUT2D eigenvalue weighted by molar-refractivity contribution is 6.30. The fraction of sp³-hybridized carbons (Fsp3) is 0.361. The minimum atomic E-state index is -2.87. The predicted octanol–water partition coefficient (Wildman–Crippen LogP) is 2.42. The van der Waals surface area contributed by atoms with E-state index >= 15 is 0 Å². The zero-order valence-electron chi connectivity index (χ0n) is 29.1. The summed E-state index contributed by atoms with van der Waals surface area (Å²) in [6, 6.07) is 12.7. The molecule has 0 radical (unpaired) electrons. The van der Waals surface area contributed by atoms with Gasteiger partial charge in [0.15, 0.2) is 17.5 Å². The maximum Gasteiger partial charge on any atom is 0.348 e. The molecule has 4 atom stereocenters. The molecule has 2 fully saturated rings. The molecule has 6 N–H and O–H groups in total. The summed E-state index contributed by atoms with van der Waals surface area (Å²) in [5, 5.41) is 49.2. The van der Waals surface area contributed by atoms with Crippen LogP contribution < -0.4 is 25.0 Å². The number of aliphatic hydroxyl groups excluding tert-OH is 1. The molecule has 0 bridgehead atoms. The second-order valence-corrected chi connectivity index (χ2v) is 13.0. The first kappa shape index (κ1) is 38.1. The maximum atomic E-state index is 12.6. The van der Waals surface area contributed by atoms with E-state index in [2.05, 4.69) is 26.5 Å². The molecule has 2 aliphatic rings. The van der Waals surface area contributed by atoms with Gasteiger partial charge in [-0.25, -0.2) is 24.4 Å². The van der Waals surface area contributed by atoms with E-state index in [1.165, 1.54) is 35.0 Å². The molecule has 2 aromatic carbocycles. The fourth-order valence-electron chi connectivity index (χ4n) is 6.39. The Bertz CT molecular complexity index is 2090. The highest BCUT2D eigenvalue weighted by Gasteiger charge is 2.58. The summed E-state index contributed by atoms with van der Waals surface area (Å²) in [5.41, 5.74) is -2.85. The average molecular weight is 765 g/mol. The van der Waals surface area contributed by atoms with Gasteiger partial charge in [0.25, 0.3) is 5.60 Å². The molecule has 0 unspecified atom stereocenters. The number of methoxy groups -OCH3 is 2. The van der Waals surface area contributed by atoms with Crippen molar-refractivity contribution in [2.75, 3.05) is 44.1 Å². The van der Waals surface area contributed by atoms with Gasteiger partial charge in [0.2, 0.25) is 0 Å². The quantitative estimate of drug-likeness (QED) is 0.0616. The van der Waals surface area contributed by atoms with E-state index < -0.39 is 54.6 Å². The third-order valence-corrected chi connectivity index (χ3v) is 9.63. The van der Waals surface area contributed by atoms with Gasteiger partial charge in [-0.2, -0.15) is 0 Å². The summed E-state index contributed by atoms with van der Waals surface area (Å²) in [6.45, 7) is 0.441. The normalized spacial score (nSPS) is 21.4. The van der Waals surface area contributed by atoms with Crippen molar-refractivity contribution in [3.8, 4) is 23.8 Å². The summed E-state index contributed by atoms with van der Waals surface area (Å²) in [7, 11) is 3.08. The first-order valence-electron chi connectivity index (χ1n) is 16.6. The van der Waals surface area contributed by atoms with Crippen molar-refractivity contribution in [2.24, 2.45) is 0 Å². The smallest absolute Gasteiger partial charge is 0.348 e. The van der Waals surface area contributed by atoms with Crippen LogP contribution in [-0.4, -0.2) is 110 Å². The molecule has 2 aromatic heterocycles. The Morgan fingerprint density at radius 1 is 1.17 bits per heavy atom. The number of anilines is 2. The first-order valence-corrected chi connectivity index (χ1v) is 17.0. The van der Waals surface area contributed by atoms with Gasteiger partial charge in [-0.05, 0) is 36.2 Å². The Morgan fingerprint density at radius 3 is 2.56 bits per heavy atom. The summed E-state index contributed by atoms with van der Waals surface area (Å²) < 4.78 is 23.6. The molecule has 0 saturated carbocycles. The fourth-order valence-corrected chi connectivity index (χ4v) is 6.58. The second-order valence-electron chi connectivity index (χ2n) is 12.6. The van der Waals surface area contributed by atoms with Crippen LogP contribution in [0.15, 0.2) is 54.9 Å². The number of ether oxygens (including phenoxy) is 4. The van der Waals surface area contributed by atoms with Crippen molar-refractivity contribution in [3.05, 3.63) is 71.1 Å². The number of urea groups is 1. The van der Waals surface area contributed by atoms with Gasteiger partial charge < -0.3 is 50.0 Å². The Kier molecular flexibility index (Phi) is 10.8.